The number of hydrogen-bond acceptors (Lipinski definition) is 4. The fraction of sp³-hybridized carbons (Fsp3) is 0.700. The average Bonchev–Trinajstić information content (AvgIpc) is 2.27. The molecule has 14 heavy (non-hydrogen) atoms. The Balaban J connectivity index is 2.20. The lowest BCUT2D eigenvalue weighted by Gasteiger charge is -2.41. The summed E-state index contributed by atoms with van der Waals surface area (Å²) in [4.78, 5) is 7.20. The summed E-state index contributed by atoms with van der Waals surface area (Å²) >= 11 is 0. The van der Waals surface area contributed by atoms with Crippen LogP contribution in [-0.4, -0.2) is 31.6 Å². The van der Waals surface area contributed by atoms with Crippen LogP contribution < -0.4 is 5.48 Å². The molecule has 4 nitrogen and oxygen atoms in total. The minimum Gasteiger partial charge on any atom is -0.299 e. The van der Waals surface area contributed by atoms with Gasteiger partial charge in [0.1, 0.15) is 11.8 Å². The van der Waals surface area contributed by atoms with Crippen LogP contribution in [0.3, 0.4) is 0 Å². The van der Waals surface area contributed by atoms with Crippen molar-refractivity contribution in [3.63, 3.8) is 0 Å². The Hall–Kier alpha value is -1.05. The number of rotatable bonds is 2. The van der Waals surface area contributed by atoms with Gasteiger partial charge in [0.25, 0.3) is 0 Å². The highest BCUT2D eigenvalue weighted by atomic mass is 16.6. The fourth-order valence-electron chi connectivity index (χ4n) is 2.35. The monoisotopic (exact) mass is 193 g/mol. The Morgan fingerprint density at radius 2 is 2.29 bits per heavy atom. The minimum absolute atomic E-state index is 0.595. The Kier molecular flexibility index (Phi) is 2.71. The zero-order chi connectivity index (χ0) is 9.97. The largest absolute Gasteiger partial charge is 0.299 e. The van der Waals surface area contributed by atoms with E-state index in [-0.39, 0.29) is 0 Å². The van der Waals surface area contributed by atoms with Crippen molar-refractivity contribution in [2.75, 3.05) is 26.7 Å². The van der Waals surface area contributed by atoms with Crippen molar-refractivity contribution >= 4 is 0 Å². The number of hydroxylamine groups is 1. The number of allylic oxidation sites excluding steroid dienone is 1. The molecular formula is C10H15N3O. The lowest BCUT2D eigenvalue weighted by molar-refractivity contribution is 0.112. The second-order valence-corrected chi connectivity index (χ2v) is 3.87. The SMILES string of the molecule is CON/C(C#N)=C1/CN2CCC1CC2. The van der Waals surface area contributed by atoms with E-state index in [1.54, 1.807) is 7.11 Å². The molecule has 0 aromatic carbocycles. The number of piperidine rings is 3. The van der Waals surface area contributed by atoms with E-state index < -0.39 is 0 Å². The molecule has 0 amide bonds. The van der Waals surface area contributed by atoms with E-state index in [1.165, 1.54) is 31.5 Å². The minimum atomic E-state index is 0.595. The molecule has 0 spiro atoms. The predicted octanol–water partition coefficient (Wildman–Crippen LogP) is 0.641. The molecule has 3 rings (SSSR count). The summed E-state index contributed by atoms with van der Waals surface area (Å²) in [5.74, 6) is 0.595. The Labute approximate surface area is 84.1 Å². The summed E-state index contributed by atoms with van der Waals surface area (Å²) < 4.78 is 0. The summed E-state index contributed by atoms with van der Waals surface area (Å²) in [6.07, 6.45) is 2.37. The van der Waals surface area contributed by atoms with Crippen molar-refractivity contribution in [1.82, 2.24) is 10.4 Å². The Morgan fingerprint density at radius 1 is 1.57 bits per heavy atom. The maximum atomic E-state index is 8.97. The number of nitrogens with zero attached hydrogens (tertiary/aromatic N) is 2. The average molecular weight is 193 g/mol. The van der Waals surface area contributed by atoms with Crippen LogP contribution in [-0.2, 0) is 4.84 Å². The summed E-state index contributed by atoms with van der Waals surface area (Å²) in [6.45, 7) is 3.30. The molecule has 3 aliphatic rings. The normalized spacial score (nSPS) is 33.7. The lowest BCUT2D eigenvalue weighted by atomic mass is 9.83. The summed E-state index contributed by atoms with van der Waals surface area (Å²) in [6, 6.07) is 2.17. The van der Waals surface area contributed by atoms with E-state index in [0.717, 1.165) is 6.54 Å². The van der Waals surface area contributed by atoms with Crippen molar-refractivity contribution in [1.29, 1.82) is 5.26 Å². The first-order chi connectivity index (χ1) is 6.85. The Bertz CT molecular complexity index is 284. The predicted molar refractivity (Wildman–Crippen MR) is 51.9 cm³/mol. The number of nitrogens with one attached hydrogen (secondary N) is 1. The molecule has 3 fully saturated rings. The first kappa shape index (κ1) is 9.50. The molecule has 0 aliphatic carbocycles. The van der Waals surface area contributed by atoms with Gasteiger partial charge in [-0.05, 0) is 37.4 Å². The third-order valence-corrected chi connectivity index (χ3v) is 3.11. The molecule has 0 saturated carbocycles. The molecule has 3 aliphatic heterocycles. The highest BCUT2D eigenvalue weighted by molar-refractivity contribution is 5.30. The first-order valence-electron chi connectivity index (χ1n) is 4.99. The maximum Gasteiger partial charge on any atom is 0.138 e. The molecule has 3 saturated heterocycles. The van der Waals surface area contributed by atoms with Crippen LogP contribution in [0.15, 0.2) is 11.3 Å². The van der Waals surface area contributed by atoms with Gasteiger partial charge in [0.2, 0.25) is 0 Å². The quantitative estimate of drug-likeness (QED) is 0.516. The summed E-state index contributed by atoms with van der Waals surface area (Å²) in [5.41, 5.74) is 4.52. The highest BCUT2D eigenvalue weighted by Crippen LogP contribution is 2.32. The molecule has 3 heterocycles. The molecule has 0 aromatic rings. The van der Waals surface area contributed by atoms with Crippen molar-refractivity contribution in [3.8, 4) is 6.07 Å². The zero-order valence-corrected chi connectivity index (χ0v) is 8.42. The Morgan fingerprint density at radius 3 is 2.71 bits per heavy atom. The molecule has 76 valence electrons. The standard InChI is InChI=1S/C10H15N3O/c1-14-12-10(6-11)9-7-13-4-2-8(9)3-5-13/h8,12H,2-5,7H2,1H3/b10-9-. The van der Waals surface area contributed by atoms with Gasteiger partial charge in [-0.15, -0.1) is 0 Å². The third kappa shape index (κ3) is 1.61. The van der Waals surface area contributed by atoms with Gasteiger partial charge in [0.15, 0.2) is 0 Å². The van der Waals surface area contributed by atoms with E-state index in [0.29, 0.717) is 11.6 Å². The van der Waals surface area contributed by atoms with E-state index in [1.807, 2.05) is 0 Å². The van der Waals surface area contributed by atoms with Crippen molar-refractivity contribution in [3.05, 3.63) is 11.3 Å². The van der Waals surface area contributed by atoms with Gasteiger partial charge in [-0.3, -0.25) is 15.2 Å². The van der Waals surface area contributed by atoms with E-state index in [4.69, 9.17) is 10.1 Å². The van der Waals surface area contributed by atoms with E-state index in [9.17, 15) is 0 Å². The van der Waals surface area contributed by atoms with Crippen LogP contribution in [0, 0.1) is 17.2 Å². The van der Waals surface area contributed by atoms with Crippen LogP contribution in [0.5, 0.6) is 0 Å². The van der Waals surface area contributed by atoms with Crippen LogP contribution >= 0.6 is 0 Å². The van der Waals surface area contributed by atoms with Gasteiger partial charge in [-0.2, -0.15) is 5.26 Å². The lowest BCUT2D eigenvalue weighted by Crippen LogP contribution is -2.44. The molecule has 2 bridgehead atoms. The summed E-state index contributed by atoms with van der Waals surface area (Å²) in [5, 5.41) is 8.97. The molecule has 4 heteroatoms. The van der Waals surface area contributed by atoms with E-state index >= 15 is 0 Å². The van der Waals surface area contributed by atoms with Crippen molar-refractivity contribution in [2.45, 2.75) is 12.8 Å². The fourth-order valence-corrected chi connectivity index (χ4v) is 2.35. The third-order valence-electron chi connectivity index (χ3n) is 3.11. The smallest absolute Gasteiger partial charge is 0.138 e. The number of fused-ring (bicyclic) bond motifs is 3. The highest BCUT2D eigenvalue weighted by Gasteiger charge is 2.31. The molecular weight excluding hydrogens is 178 g/mol. The van der Waals surface area contributed by atoms with E-state index in [2.05, 4.69) is 16.4 Å². The number of hydrogen-bond donors (Lipinski definition) is 1. The van der Waals surface area contributed by atoms with Gasteiger partial charge in [-0.1, -0.05) is 0 Å². The molecule has 0 radical (unpaired) electrons. The maximum absolute atomic E-state index is 8.97. The zero-order valence-electron chi connectivity index (χ0n) is 8.42. The van der Waals surface area contributed by atoms with Crippen molar-refractivity contribution in [2.24, 2.45) is 5.92 Å². The van der Waals surface area contributed by atoms with Crippen LogP contribution in [0.1, 0.15) is 12.8 Å². The second-order valence-electron chi connectivity index (χ2n) is 3.87. The van der Waals surface area contributed by atoms with Gasteiger partial charge in [-0.25, -0.2) is 0 Å². The molecule has 0 atom stereocenters. The molecule has 0 aromatic heterocycles. The van der Waals surface area contributed by atoms with Gasteiger partial charge >= 0.3 is 0 Å². The molecule has 0 unspecified atom stereocenters. The molecule has 1 N–H and O–H groups in total. The van der Waals surface area contributed by atoms with Gasteiger partial charge in [0.05, 0.1) is 7.11 Å². The van der Waals surface area contributed by atoms with Gasteiger partial charge < -0.3 is 0 Å². The number of nitriles is 1. The topological polar surface area (TPSA) is 48.3 Å². The van der Waals surface area contributed by atoms with Crippen LogP contribution in [0.4, 0.5) is 0 Å². The van der Waals surface area contributed by atoms with Crippen LogP contribution in [0.2, 0.25) is 0 Å². The van der Waals surface area contributed by atoms with Crippen molar-refractivity contribution < 1.29 is 4.84 Å². The van der Waals surface area contributed by atoms with Gasteiger partial charge in [0, 0.05) is 6.54 Å². The van der Waals surface area contributed by atoms with Crippen LogP contribution in [0.25, 0.3) is 0 Å². The first-order valence-corrected chi connectivity index (χ1v) is 4.99. The second kappa shape index (κ2) is 3.99. The summed E-state index contributed by atoms with van der Waals surface area (Å²) in [7, 11) is 1.54.